The van der Waals surface area contributed by atoms with Crippen molar-refractivity contribution < 1.29 is 21.4 Å². The summed E-state index contributed by atoms with van der Waals surface area (Å²) >= 11 is 0. The molecule has 1 aromatic rings. The second-order valence-electron chi connectivity index (χ2n) is 3.77. The summed E-state index contributed by atoms with van der Waals surface area (Å²) in [7, 11) is -3.41. The van der Waals surface area contributed by atoms with Crippen LogP contribution in [0.3, 0.4) is 0 Å². The molecule has 0 radical (unpaired) electrons. The van der Waals surface area contributed by atoms with Crippen LogP contribution >= 0.6 is 0 Å². The van der Waals surface area contributed by atoms with E-state index >= 15 is 0 Å². The molecule has 6 heteroatoms. The minimum atomic E-state index is -3.41. The number of hydrogen-bond donors (Lipinski definition) is 0. The summed E-state index contributed by atoms with van der Waals surface area (Å²) in [6, 6.07) is 3.31. The summed E-state index contributed by atoms with van der Waals surface area (Å²) in [5.74, 6) is -1.22. The van der Waals surface area contributed by atoms with Gasteiger partial charge in [0.2, 0.25) is 0 Å². The third-order valence-corrected chi connectivity index (χ3v) is 2.62. The number of allylic oxidation sites excluding steroid dienone is 1. The van der Waals surface area contributed by atoms with E-state index in [1.54, 1.807) is 12.2 Å². The van der Waals surface area contributed by atoms with E-state index in [1.807, 2.05) is 0 Å². The van der Waals surface area contributed by atoms with E-state index in [1.165, 1.54) is 12.1 Å². The third-order valence-electron chi connectivity index (χ3n) is 2.02. The summed E-state index contributed by atoms with van der Waals surface area (Å²) in [4.78, 5) is 0. The lowest BCUT2D eigenvalue weighted by Gasteiger charge is -1.98. The lowest BCUT2D eigenvalue weighted by atomic mass is 10.1. The van der Waals surface area contributed by atoms with E-state index < -0.39 is 21.8 Å². The molecule has 0 aliphatic heterocycles. The average Bonchev–Trinajstić information content (AvgIpc) is 2.20. The Morgan fingerprint density at radius 1 is 1.17 bits per heavy atom. The molecule has 0 saturated heterocycles. The summed E-state index contributed by atoms with van der Waals surface area (Å²) < 4.78 is 51.5. The van der Waals surface area contributed by atoms with E-state index in [9.17, 15) is 17.2 Å². The Labute approximate surface area is 105 Å². The van der Waals surface area contributed by atoms with E-state index in [4.69, 9.17) is 0 Å². The van der Waals surface area contributed by atoms with Crippen molar-refractivity contribution in [3.8, 4) is 0 Å². The molecular weight excluding hydrogens is 262 g/mol. The van der Waals surface area contributed by atoms with Gasteiger partial charge in [0.15, 0.2) is 0 Å². The molecule has 0 amide bonds. The van der Waals surface area contributed by atoms with E-state index in [-0.39, 0.29) is 6.61 Å². The average molecular weight is 276 g/mol. The second-order valence-corrected chi connectivity index (χ2v) is 5.41. The van der Waals surface area contributed by atoms with Crippen LogP contribution in [-0.4, -0.2) is 21.3 Å². The van der Waals surface area contributed by atoms with Crippen molar-refractivity contribution in [1.29, 1.82) is 0 Å². The molecule has 1 aromatic carbocycles. The highest BCUT2D eigenvalue weighted by molar-refractivity contribution is 7.85. The largest absolute Gasteiger partial charge is 0.270 e. The molecule has 0 spiro atoms. The van der Waals surface area contributed by atoms with Gasteiger partial charge in [0.25, 0.3) is 10.1 Å². The number of rotatable bonds is 6. The van der Waals surface area contributed by atoms with Gasteiger partial charge >= 0.3 is 0 Å². The SMILES string of the molecule is CS(=O)(=O)OCC/C=C\Cc1cc(F)cc(F)c1. The van der Waals surface area contributed by atoms with E-state index in [2.05, 4.69) is 4.18 Å². The molecule has 100 valence electrons. The van der Waals surface area contributed by atoms with Crippen molar-refractivity contribution in [2.24, 2.45) is 0 Å². The Kier molecular flexibility index (Phi) is 5.43. The van der Waals surface area contributed by atoms with Crippen LogP contribution in [0.5, 0.6) is 0 Å². The quantitative estimate of drug-likeness (QED) is 0.455. The van der Waals surface area contributed by atoms with Gasteiger partial charge in [0.1, 0.15) is 11.6 Å². The van der Waals surface area contributed by atoms with Gasteiger partial charge in [-0.2, -0.15) is 8.42 Å². The molecule has 0 atom stereocenters. The monoisotopic (exact) mass is 276 g/mol. The maximum absolute atomic E-state index is 12.8. The van der Waals surface area contributed by atoms with Crippen LogP contribution < -0.4 is 0 Å². The molecule has 0 heterocycles. The topological polar surface area (TPSA) is 43.4 Å². The number of halogens is 2. The highest BCUT2D eigenvalue weighted by Gasteiger charge is 2.00. The molecule has 0 aliphatic carbocycles. The van der Waals surface area contributed by atoms with E-state index in [0.717, 1.165) is 12.3 Å². The predicted molar refractivity (Wildman–Crippen MR) is 64.6 cm³/mol. The predicted octanol–water partition coefficient (Wildman–Crippen LogP) is 2.43. The Morgan fingerprint density at radius 3 is 2.33 bits per heavy atom. The first-order valence-corrected chi connectivity index (χ1v) is 7.13. The van der Waals surface area contributed by atoms with E-state index in [0.29, 0.717) is 18.4 Å². The zero-order valence-corrected chi connectivity index (χ0v) is 10.7. The molecule has 1 rings (SSSR count). The van der Waals surface area contributed by atoms with Gasteiger partial charge < -0.3 is 0 Å². The molecule has 0 N–H and O–H groups in total. The molecule has 0 saturated carbocycles. The normalized spacial score (nSPS) is 12.2. The first-order valence-electron chi connectivity index (χ1n) is 5.31. The van der Waals surface area contributed by atoms with Crippen LogP contribution in [0, 0.1) is 11.6 Å². The van der Waals surface area contributed by atoms with Gasteiger partial charge in [-0.05, 0) is 30.5 Å². The Hall–Kier alpha value is -1.27. The third kappa shape index (κ3) is 6.46. The highest BCUT2D eigenvalue weighted by Crippen LogP contribution is 2.09. The van der Waals surface area contributed by atoms with Crippen molar-refractivity contribution in [2.75, 3.05) is 12.9 Å². The maximum atomic E-state index is 12.8. The van der Waals surface area contributed by atoms with Crippen molar-refractivity contribution in [3.63, 3.8) is 0 Å². The fraction of sp³-hybridized carbons (Fsp3) is 0.333. The van der Waals surface area contributed by atoms with Gasteiger partial charge in [-0.15, -0.1) is 0 Å². The molecule has 0 aliphatic rings. The smallest absolute Gasteiger partial charge is 0.264 e. The Bertz CT molecular complexity index is 504. The Balaban J connectivity index is 2.36. The lowest BCUT2D eigenvalue weighted by molar-refractivity contribution is 0.328. The van der Waals surface area contributed by atoms with Crippen molar-refractivity contribution in [2.45, 2.75) is 12.8 Å². The van der Waals surface area contributed by atoms with Crippen LogP contribution in [0.25, 0.3) is 0 Å². The summed E-state index contributed by atoms with van der Waals surface area (Å²) in [5, 5.41) is 0. The molecule has 0 fully saturated rings. The molecule has 18 heavy (non-hydrogen) atoms. The van der Waals surface area contributed by atoms with Crippen LogP contribution in [-0.2, 0) is 20.7 Å². The number of benzene rings is 1. The fourth-order valence-electron chi connectivity index (χ4n) is 1.33. The summed E-state index contributed by atoms with van der Waals surface area (Å²) in [6.45, 7) is 0.0623. The highest BCUT2D eigenvalue weighted by atomic mass is 32.2. The van der Waals surface area contributed by atoms with Gasteiger partial charge in [0, 0.05) is 6.07 Å². The van der Waals surface area contributed by atoms with Crippen molar-refractivity contribution in [3.05, 3.63) is 47.5 Å². The molecule has 0 unspecified atom stereocenters. The standard InChI is InChI=1S/C12H14F2O3S/c1-18(15,16)17-6-4-2-3-5-10-7-11(13)9-12(14)8-10/h2-3,7-9H,4-6H2,1H3/b3-2-. The Morgan fingerprint density at radius 2 is 1.78 bits per heavy atom. The molecule has 0 aromatic heterocycles. The minimum absolute atomic E-state index is 0.0623. The minimum Gasteiger partial charge on any atom is -0.270 e. The zero-order chi connectivity index (χ0) is 13.6. The van der Waals surface area contributed by atoms with Gasteiger partial charge in [-0.25, -0.2) is 8.78 Å². The van der Waals surface area contributed by atoms with Crippen molar-refractivity contribution >= 4 is 10.1 Å². The van der Waals surface area contributed by atoms with Crippen LogP contribution in [0.1, 0.15) is 12.0 Å². The second kappa shape index (κ2) is 6.61. The maximum Gasteiger partial charge on any atom is 0.264 e. The molecular formula is C12H14F2O3S. The fourth-order valence-corrected chi connectivity index (χ4v) is 1.73. The van der Waals surface area contributed by atoms with Gasteiger partial charge in [-0.1, -0.05) is 12.2 Å². The lowest BCUT2D eigenvalue weighted by Crippen LogP contribution is -2.03. The van der Waals surface area contributed by atoms with Gasteiger partial charge in [-0.3, -0.25) is 4.18 Å². The van der Waals surface area contributed by atoms with Crippen LogP contribution in [0.2, 0.25) is 0 Å². The van der Waals surface area contributed by atoms with Crippen LogP contribution in [0.15, 0.2) is 30.4 Å². The van der Waals surface area contributed by atoms with Crippen molar-refractivity contribution in [1.82, 2.24) is 0 Å². The van der Waals surface area contributed by atoms with Gasteiger partial charge in [0.05, 0.1) is 12.9 Å². The molecule has 0 bridgehead atoms. The zero-order valence-electron chi connectivity index (χ0n) is 9.90. The number of hydrogen-bond acceptors (Lipinski definition) is 3. The summed E-state index contributed by atoms with van der Waals surface area (Å²) in [5.41, 5.74) is 0.521. The first kappa shape index (κ1) is 14.8. The molecule has 3 nitrogen and oxygen atoms in total. The van der Waals surface area contributed by atoms with Crippen LogP contribution in [0.4, 0.5) is 8.78 Å². The first-order chi connectivity index (χ1) is 8.37. The summed E-state index contributed by atoms with van der Waals surface area (Å²) in [6.07, 6.45) is 5.19.